The number of aryl methyl sites for hydroxylation is 1. The third kappa shape index (κ3) is 3.01. The molecular weight excluding hydrogens is 208 g/mol. The van der Waals surface area contributed by atoms with Crippen LogP contribution in [0.2, 0.25) is 0 Å². The second-order valence-electron chi connectivity index (χ2n) is 5.20. The fourth-order valence-corrected chi connectivity index (χ4v) is 2.58. The topological polar surface area (TPSA) is 6.48 Å². The van der Waals surface area contributed by atoms with Crippen LogP contribution in [0.5, 0.6) is 0 Å². The van der Waals surface area contributed by atoms with Gasteiger partial charge in [0.2, 0.25) is 0 Å². The van der Waals surface area contributed by atoms with Crippen LogP contribution in [0, 0.1) is 0 Å². The molecule has 1 saturated heterocycles. The van der Waals surface area contributed by atoms with Crippen LogP contribution in [0.1, 0.15) is 25.3 Å². The highest BCUT2D eigenvalue weighted by molar-refractivity contribution is 5.48. The van der Waals surface area contributed by atoms with Crippen molar-refractivity contribution in [3.63, 3.8) is 0 Å². The van der Waals surface area contributed by atoms with Crippen molar-refractivity contribution in [3.05, 3.63) is 29.8 Å². The number of nitrogens with zero attached hydrogens (tertiary/aromatic N) is 2. The van der Waals surface area contributed by atoms with Crippen LogP contribution in [-0.4, -0.2) is 38.1 Å². The number of benzene rings is 1. The summed E-state index contributed by atoms with van der Waals surface area (Å²) in [6.07, 6.45) is 3.69. The summed E-state index contributed by atoms with van der Waals surface area (Å²) in [6.45, 7) is 4.58. The van der Waals surface area contributed by atoms with E-state index < -0.39 is 0 Å². The maximum Gasteiger partial charge on any atom is 0.0366 e. The van der Waals surface area contributed by atoms with E-state index in [1.165, 1.54) is 37.2 Å². The molecule has 1 aliphatic rings. The number of hydrogen-bond acceptors (Lipinski definition) is 2. The highest BCUT2D eigenvalue weighted by Crippen LogP contribution is 2.22. The zero-order valence-electron chi connectivity index (χ0n) is 11.3. The predicted octanol–water partition coefficient (Wildman–Crippen LogP) is 2.78. The molecule has 0 spiro atoms. The van der Waals surface area contributed by atoms with Crippen molar-refractivity contribution in [2.45, 2.75) is 32.2 Å². The second kappa shape index (κ2) is 5.54. The molecule has 94 valence electrons. The fraction of sp³-hybridized carbons (Fsp3) is 0.600. The van der Waals surface area contributed by atoms with Gasteiger partial charge in [-0.05, 0) is 51.1 Å². The molecule has 1 aromatic carbocycles. The summed E-state index contributed by atoms with van der Waals surface area (Å²) >= 11 is 0. The van der Waals surface area contributed by atoms with Crippen molar-refractivity contribution in [2.75, 3.05) is 32.1 Å². The Kier molecular flexibility index (Phi) is 4.06. The number of rotatable bonds is 3. The summed E-state index contributed by atoms with van der Waals surface area (Å²) in [4.78, 5) is 4.87. The summed E-state index contributed by atoms with van der Waals surface area (Å²) in [5.74, 6) is 0. The van der Waals surface area contributed by atoms with E-state index >= 15 is 0 Å². The fourth-order valence-electron chi connectivity index (χ4n) is 2.58. The summed E-state index contributed by atoms with van der Waals surface area (Å²) in [7, 11) is 4.38. The molecule has 0 atom stereocenters. The maximum absolute atomic E-state index is 2.51. The van der Waals surface area contributed by atoms with Gasteiger partial charge in [0.25, 0.3) is 0 Å². The van der Waals surface area contributed by atoms with Gasteiger partial charge in [-0.1, -0.05) is 19.1 Å². The monoisotopic (exact) mass is 232 g/mol. The number of hydrogen-bond donors (Lipinski definition) is 0. The Labute approximate surface area is 105 Å². The molecular formula is C15H24N2. The van der Waals surface area contributed by atoms with Crippen molar-refractivity contribution in [2.24, 2.45) is 0 Å². The first-order valence-corrected chi connectivity index (χ1v) is 6.71. The molecule has 0 amide bonds. The Bertz CT molecular complexity index is 334. The number of anilines is 1. The Hall–Kier alpha value is -1.02. The van der Waals surface area contributed by atoms with E-state index in [0.29, 0.717) is 0 Å². The van der Waals surface area contributed by atoms with Gasteiger partial charge in [0.05, 0.1) is 0 Å². The van der Waals surface area contributed by atoms with Crippen molar-refractivity contribution in [1.29, 1.82) is 0 Å². The van der Waals surface area contributed by atoms with E-state index in [4.69, 9.17) is 0 Å². The molecule has 1 heterocycles. The van der Waals surface area contributed by atoms with E-state index in [2.05, 4.69) is 55.1 Å². The molecule has 1 aromatic rings. The minimum atomic E-state index is 0.765. The highest BCUT2D eigenvalue weighted by atomic mass is 15.2. The van der Waals surface area contributed by atoms with E-state index in [0.717, 1.165) is 12.5 Å². The first kappa shape index (κ1) is 12.4. The van der Waals surface area contributed by atoms with Crippen LogP contribution in [0.25, 0.3) is 0 Å². The average molecular weight is 232 g/mol. The first-order chi connectivity index (χ1) is 8.20. The van der Waals surface area contributed by atoms with E-state index in [1.54, 1.807) is 0 Å². The Balaban J connectivity index is 1.95. The SMILES string of the molecule is CCc1ccc(N2CCC(N(C)C)CC2)cc1. The van der Waals surface area contributed by atoms with Gasteiger partial charge in [-0.2, -0.15) is 0 Å². The molecule has 0 aliphatic carbocycles. The zero-order chi connectivity index (χ0) is 12.3. The van der Waals surface area contributed by atoms with Crippen molar-refractivity contribution >= 4 is 5.69 Å². The number of piperidine rings is 1. The van der Waals surface area contributed by atoms with Crippen LogP contribution >= 0.6 is 0 Å². The molecule has 1 aliphatic heterocycles. The minimum absolute atomic E-state index is 0.765. The second-order valence-corrected chi connectivity index (χ2v) is 5.20. The summed E-state index contributed by atoms with van der Waals surface area (Å²) < 4.78 is 0. The summed E-state index contributed by atoms with van der Waals surface area (Å²) in [6, 6.07) is 9.82. The highest BCUT2D eigenvalue weighted by Gasteiger charge is 2.20. The van der Waals surface area contributed by atoms with Crippen LogP contribution < -0.4 is 4.90 Å². The van der Waals surface area contributed by atoms with Gasteiger partial charge in [-0.25, -0.2) is 0 Å². The standard InChI is InChI=1S/C15H24N2/c1-4-13-5-7-15(8-6-13)17-11-9-14(10-12-17)16(2)3/h5-8,14H,4,9-12H2,1-3H3. The lowest BCUT2D eigenvalue weighted by Gasteiger charge is -2.36. The molecule has 17 heavy (non-hydrogen) atoms. The predicted molar refractivity (Wildman–Crippen MR) is 74.7 cm³/mol. The van der Waals surface area contributed by atoms with Crippen LogP contribution in [0.4, 0.5) is 5.69 Å². The average Bonchev–Trinajstić information content (AvgIpc) is 2.39. The smallest absolute Gasteiger partial charge is 0.0366 e. The van der Waals surface area contributed by atoms with E-state index in [1.807, 2.05) is 0 Å². The van der Waals surface area contributed by atoms with Crippen LogP contribution in [-0.2, 0) is 6.42 Å². The van der Waals surface area contributed by atoms with E-state index in [9.17, 15) is 0 Å². The third-order valence-corrected chi connectivity index (χ3v) is 3.90. The van der Waals surface area contributed by atoms with Gasteiger partial charge in [-0.15, -0.1) is 0 Å². The first-order valence-electron chi connectivity index (χ1n) is 6.71. The molecule has 2 nitrogen and oxygen atoms in total. The van der Waals surface area contributed by atoms with Gasteiger partial charge in [0.15, 0.2) is 0 Å². The lowest BCUT2D eigenvalue weighted by atomic mass is 10.0. The Morgan fingerprint density at radius 1 is 1.12 bits per heavy atom. The normalized spacial score (nSPS) is 17.8. The van der Waals surface area contributed by atoms with Crippen molar-refractivity contribution in [3.8, 4) is 0 Å². The van der Waals surface area contributed by atoms with Gasteiger partial charge >= 0.3 is 0 Å². The van der Waals surface area contributed by atoms with Gasteiger partial charge in [0.1, 0.15) is 0 Å². The summed E-state index contributed by atoms with van der Waals surface area (Å²) in [5, 5.41) is 0. The maximum atomic E-state index is 2.51. The molecule has 2 heteroatoms. The minimum Gasteiger partial charge on any atom is -0.371 e. The molecule has 1 fully saturated rings. The molecule has 2 rings (SSSR count). The molecule has 0 bridgehead atoms. The quantitative estimate of drug-likeness (QED) is 0.790. The van der Waals surface area contributed by atoms with Gasteiger partial charge < -0.3 is 9.80 Å². The van der Waals surface area contributed by atoms with E-state index in [-0.39, 0.29) is 0 Å². The van der Waals surface area contributed by atoms with Crippen molar-refractivity contribution in [1.82, 2.24) is 4.90 Å². The van der Waals surface area contributed by atoms with Gasteiger partial charge in [-0.3, -0.25) is 0 Å². The van der Waals surface area contributed by atoms with Crippen LogP contribution in [0.15, 0.2) is 24.3 Å². The Morgan fingerprint density at radius 3 is 2.18 bits per heavy atom. The lowest BCUT2D eigenvalue weighted by molar-refractivity contribution is 0.249. The van der Waals surface area contributed by atoms with Crippen molar-refractivity contribution < 1.29 is 0 Å². The lowest BCUT2D eigenvalue weighted by Crippen LogP contribution is -2.41. The molecule has 0 saturated carbocycles. The molecule has 0 aromatic heterocycles. The van der Waals surface area contributed by atoms with Crippen LogP contribution in [0.3, 0.4) is 0 Å². The molecule has 0 radical (unpaired) electrons. The summed E-state index contributed by atoms with van der Waals surface area (Å²) in [5.41, 5.74) is 2.82. The van der Waals surface area contributed by atoms with Gasteiger partial charge in [0, 0.05) is 24.8 Å². The Morgan fingerprint density at radius 2 is 1.71 bits per heavy atom. The third-order valence-electron chi connectivity index (χ3n) is 3.90. The molecule has 0 N–H and O–H groups in total. The zero-order valence-corrected chi connectivity index (χ0v) is 11.3. The largest absolute Gasteiger partial charge is 0.371 e. The molecule has 0 unspecified atom stereocenters.